The van der Waals surface area contributed by atoms with Crippen molar-refractivity contribution >= 4 is 22.4 Å². The maximum Gasteiger partial charge on any atom is 0.255 e. The SMILES string of the molecule is COc1cccc(COC(C)C(=O)Nc2nc(C)c(C)s2)c1. The summed E-state index contributed by atoms with van der Waals surface area (Å²) in [6.45, 7) is 5.97. The first kappa shape index (κ1) is 16.5. The highest BCUT2D eigenvalue weighted by atomic mass is 32.1. The van der Waals surface area contributed by atoms with E-state index in [1.165, 1.54) is 11.3 Å². The molecule has 22 heavy (non-hydrogen) atoms. The smallest absolute Gasteiger partial charge is 0.255 e. The van der Waals surface area contributed by atoms with Gasteiger partial charge in [0.2, 0.25) is 0 Å². The third-order valence-corrected chi connectivity index (χ3v) is 4.25. The number of nitrogens with one attached hydrogen (secondary N) is 1. The molecule has 0 saturated heterocycles. The molecule has 0 fully saturated rings. The van der Waals surface area contributed by atoms with Crippen LogP contribution in [-0.4, -0.2) is 24.1 Å². The number of benzene rings is 1. The van der Waals surface area contributed by atoms with E-state index in [0.717, 1.165) is 21.9 Å². The predicted octanol–water partition coefficient (Wildman–Crippen LogP) is 3.31. The van der Waals surface area contributed by atoms with E-state index in [1.807, 2.05) is 38.1 Å². The van der Waals surface area contributed by atoms with Gasteiger partial charge in [0, 0.05) is 4.88 Å². The highest BCUT2D eigenvalue weighted by Crippen LogP contribution is 2.21. The van der Waals surface area contributed by atoms with Crippen molar-refractivity contribution < 1.29 is 14.3 Å². The third kappa shape index (κ3) is 4.29. The predicted molar refractivity (Wildman–Crippen MR) is 87.5 cm³/mol. The van der Waals surface area contributed by atoms with Crippen molar-refractivity contribution in [3.63, 3.8) is 0 Å². The largest absolute Gasteiger partial charge is 0.497 e. The van der Waals surface area contributed by atoms with E-state index < -0.39 is 6.10 Å². The third-order valence-electron chi connectivity index (χ3n) is 3.26. The molecule has 1 N–H and O–H groups in total. The van der Waals surface area contributed by atoms with Crippen LogP contribution in [0.1, 0.15) is 23.1 Å². The van der Waals surface area contributed by atoms with Crippen molar-refractivity contribution in [2.45, 2.75) is 33.5 Å². The fourth-order valence-electron chi connectivity index (χ4n) is 1.79. The van der Waals surface area contributed by atoms with Gasteiger partial charge in [-0.3, -0.25) is 10.1 Å². The van der Waals surface area contributed by atoms with Crippen LogP contribution in [0.15, 0.2) is 24.3 Å². The summed E-state index contributed by atoms with van der Waals surface area (Å²) >= 11 is 1.46. The summed E-state index contributed by atoms with van der Waals surface area (Å²) in [7, 11) is 1.62. The molecule has 0 aliphatic heterocycles. The minimum absolute atomic E-state index is 0.198. The number of carbonyl (C=O) groups is 1. The van der Waals surface area contributed by atoms with Crippen molar-refractivity contribution in [3.05, 3.63) is 40.4 Å². The van der Waals surface area contributed by atoms with E-state index in [4.69, 9.17) is 9.47 Å². The number of thiazole rings is 1. The van der Waals surface area contributed by atoms with Crippen LogP contribution in [0.25, 0.3) is 0 Å². The summed E-state index contributed by atoms with van der Waals surface area (Å²) in [6.07, 6.45) is -0.560. The monoisotopic (exact) mass is 320 g/mol. The summed E-state index contributed by atoms with van der Waals surface area (Å²) in [4.78, 5) is 17.5. The topological polar surface area (TPSA) is 60.5 Å². The number of rotatable bonds is 6. The number of methoxy groups -OCH3 is 1. The van der Waals surface area contributed by atoms with Crippen LogP contribution in [0.4, 0.5) is 5.13 Å². The van der Waals surface area contributed by atoms with Gasteiger partial charge in [0.25, 0.3) is 5.91 Å². The van der Waals surface area contributed by atoms with Crippen molar-refractivity contribution in [1.29, 1.82) is 0 Å². The molecule has 1 amide bonds. The molecule has 5 nitrogen and oxygen atoms in total. The fraction of sp³-hybridized carbons (Fsp3) is 0.375. The minimum Gasteiger partial charge on any atom is -0.497 e. The van der Waals surface area contributed by atoms with Gasteiger partial charge in [0.15, 0.2) is 5.13 Å². The molecule has 0 aliphatic carbocycles. The second-order valence-electron chi connectivity index (χ2n) is 4.95. The van der Waals surface area contributed by atoms with Crippen molar-refractivity contribution in [3.8, 4) is 5.75 Å². The summed E-state index contributed by atoms with van der Waals surface area (Å²) in [5.41, 5.74) is 1.89. The van der Waals surface area contributed by atoms with Crippen molar-refractivity contribution in [2.24, 2.45) is 0 Å². The fourth-order valence-corrected chi connectivity index (χ4v) is 2.61. The standard InChI is InChI=1S/C16H20N2O3S/c1-10-12(3)22-16(17-10)18-15(19)11(2)21-9-13-6-5-7-14(8-13)20-4/h5-8,11H,9H2,1-4H3,(H,17,18,19). The highest BCUT2D eigenvalue weighted by molar-refractivity contribution is 7.15. The summed E-state index contributed by atoms with van der Waals surface area (Å²) < 4.78 is 10.8. The number of carbonyl (C=O) groups excluding carboxylic acids is 1. The zero-order valence-corrected chi connectivity index (χ0v) is 14.0. The molecule has 1 unspecified atom stereocenters. The van der Waals surface area contributed by atoms with Gasteiger partial charge in [0.05, 0.1) is 19.4 Å². The van der Waals surface area contributed by atoms with E-state index >= 15 is 0 Å². The molecule has 0 bridgehead atoms. The molecule has 118 valence electrons. The molecule has 1 aromatic carbocycles. The molecule has 2 rings (SSSR count). The first-order chi connectivity index (χ1) is 10.5. The number of anilines is 1. The molecule has 1 aromatic heterocycles. The summed E-state index contributed by atoms with van der Waals surface area (Å²) in [5.74, 6) is 0.573. The molecule has 0 aliphatic rings. The number of ether oxygens (including phenoxy) is 2. The molecule has 1 atom stereocenters. The normalized spacial score (nSPS) is 12.0. The number of aryl methyl sites for hydroxylation is 2. The Balaban J connectivity index is 1.88. The van der Waals surface area contributed by atoms with E-state index in [-0.39, 0.29) is 5.91 Å². The van der Waals surface area contributed by atoms with E-state index in [1.54, 1.807) is 14.0 Å². The van der Waals surface area contributed by atoms with E-state index in [2.05, 4.69) is 10.3 Å². The second-order valence-corrected chi connectivity index (χ2v) is 6.16. The van der Waals surface area contributed by atoms with Gasteiger partial charge in [-0.05, 0) is 38.5 Å². The number of aromatic nitrogens is 1. The molecule has 2 aromatic rings. The Labute approximate surface area is 134 Å². The molecular formula is C16H20N2O3S. The Morgan fingerprint density at radius 1 is 1.41 bits per heavy atom. The summed E-state index contributed by atoms with van der Waals surface area (Å²) in [5, 5.41) is 3.39. The number of hydrogen-bond donors (Lipinski definition) is 1. The van der Waals surface area contributed by atoms with Gasteiger partial charge in [-0.2, -0.15) is 0 Å². The Kier molecular flexibility index (Phi) is 5.51. The molecule has 0 spiro atoms. The highest BCUT2D eigenvalue weighted by Gasteiger charge is 2.16. The van der Waals surface area contributed by atoms with Crippen molar-refractivity contribution in [1.82, 2.24) is 4.98 Å². The van der Waals surface area contributed by atoms with Gasteiger partial charge in [-0.1, -0.05) is 12.1 Å². The Hall–Kier alpha value is -1.92. The molecule has 6 heteroatoms. The first-order valence-corrected chi connectivity index (χ1v) is 7.80. The van der Waals surface area contributed by atoms with Crippen LogP contribution in [0.3, 0.4) is 0 Å². The van der Waals surface area contributed by atoms with Crippen LogP contribution < -0.4 is 10.1 Å². The van der Waals surface area contributed by atoms with E-state index in [9.17, 15) is 4.79 Å². The average Bonchev–Trinajstić information content (AvgIpc) is 2.82. The lowest BCUT2D eigenvalue weighted by Crippen LogP contribution is -2.27. The zero-order valence-electron chi connectivity index (χ0n) is 13.2. The van der Waals surface area contributed by atoms with Gasteiger partial charge >= 0.3 is 0 Å². The Bertz CT molecular complexity index is 635. The van der Waals surface area contributed by atoms with Gasteiger partial charge in [-0.25, -0.2) is 4.98 Å². The minimum atomic E-state index is -0.560. The summed E-state index contributed by atoms with van der Waals surface area (Å²) in [6, 6.07) is 7.58. The van der Waals surface area contributed by atoms with Gasteiger partial charge in [0.1, 0.15) is 11.9 Å². The number of hydrogen-bond acceptors (Lipinski definition) is 5. The lowest BCUT2D eigenvalue weighted by molar-refractivity contribution is -0.127. The van der Waals surface area contributed by atoms with Crippen LogP contribution in [0.5, 0.6) is 5.75 Å². The van der Waals surface area contributed by atoms with Gasteiger partial charge in [-0.15, -0.1) is 11.3 Å². The van der Waals surface area contributed by atoms with E-state index in [0.29, 0.717) is 11.7 Å². The zero-order chi connectivity index (χ0) is 16.1. The molecular weight excluding hydrogens is 300 g/mol. The van der Waals surface area contributed by atoms with Crippen LogP contribution >= 0.6 is 11.3 Å². The van der Waals surface area contributed by atoms with Crippen LogP contribution in [-0.2, 0) is 16.1 Å². The lowest BCUT2D eigenvalue weighted by Gasteiger charge is -2.12. The molecule has 0 saturated carbocycles. The number of amides is 1. The van der Waals surface area contributed by atoms with Gasteiger partial charge < -0.3 is 9.47 Å². The quantitative estimate of drug-likeness (QED) is 0.887. The second kappa shape index (κ2) is 7.38. The van der Waals surface area contributed by atoms with Crippen LogP contribution in [0.2, 0.25) is 0 Å². The van der Waals surface area contributed by atoms with Crippen LogP contribution in [0, 0.1) is 13.8 Å². The maximum atomic E-state index is 12.1. The number of nitrogens with zero attached hydrogens (tertiary/aromatic N) is 1. The Morgan fingerprint density at radius 2 is 2.18 bits per heavy atom. The van der Waals surface area contributed by atoms with Crippen molar-refractivity contribution in [2.75, 3.05) is 12.4 Å². The maximum absolute atomic E-state index is 12.1. The average molecular weight is 320 g/mol. The Morgan fingerprint density at radius 3 is 2.82 bits per heavy atom. The first-order valence-electron chi connectivity index (χ1n) is 6.99. The molecule has 0 radical (unpaired) electrons. The lowest BCUT2D eigenvalue weighted by atomic mass is 10.2. The molecule has 1 heterocycles.